The third-order valence-electron chi connectivity index (χ3n) is 4.50. The molecule has 4 rings (SSSR count). The third kappa shape index (κ3) is 4.26. The van der Waals surface area contributed by atoms with Gasteiger partial charge in [-0.05, 0) is 20.7 Å². The Bertz CT molecular complexity index is 894. The second-order valence-electron chi connectivity index (χ2n) is 6.34. The van der Waals surface area contributed by atoms with Crippen LogP contribution in [-0.2, 0) is 0 Å². The molecule has 0 unspecified atom stereocenters. The zero-order chi connectivity index (χ0) is 18.3. The van der Waals surface area contributed by atoms with Gasteiger partial charge in [0.2, 0.25) is 0 Å². The number of rotatable bonds is 4. The van der Waals surface area contributed by atoms with Crippen LogP contribution in [0.2, 0.25) is 0 Å². The van der Waals surface area contributed by atoms with Gasteiger partial charge in [0.1, 0.15) is 16.8 Å². The summed E-state index contributed by atoms with van der Waals surface area (Å²) < 4.78 is 0. The average Bonchev–Trinajstić information content (AvgIpc) is 2.77. The molecular formula is C25H20Si2. The van der Waals surface area contributed by atoms with E-state index in [1.165, 1.54) is 20.7 Å². The lowest BCUT2D eigenvalue weighted by molar-refractivity contribution is 1.74. The lowest BCUT2D eigenvalue weighted by Gasteiger charge is -2.08. The van der Waals surface area contributed by atoms with Crippen molar-refractivity contribution >= 4 is 42.5 Å². The normalized spacial score (nSPS) is 10.1. The fourth-order valence-corrected chi connectivity index (χ4v) is 9.25. The Morgan fingerprint density at radius 1 is 0.333 bits per heavy atom. The van der Waals surface area contributed by atoms with E-state index in [9.17, 15) is 0 Å². The van der Waals surface area contributed by atoms with E-state index in [0.29, 0.717) is 0 Å². The summed E-state index contributed by atoms with van der Waals surface area (Å²) in [5, 5.41) is 5.57. The molecule has 4 aromatic rings. The molecule has 0 nitrogen and oxygen atoms in total. The van der Waals surface area contributed by atoms with Crippen molar-refractivity contribution in [3.63, 3.8) is 0 Å². The first-order valence-electron chi connectivity index (χ1n) is 9.14. The number of hydrogen-bond donors (Lipinski definition) is 0. The van der Waals surface area contributed by atoms with Gasteiger partial charge in [0.05, 0.1) is 0 Å². The Hall–Kier alpha value is -2.91. The van der Waals surface area contributed by atoms with E-state index < -0.39 is 16.8 Å². The summed E-state index contributed by atoms with van der Waals surface area (Å²) in [5.41, 5.74) is 0. The maximum Gasteiger partial charge on any atom is 0.126 e. The van der Waals surface area contributed by atoms with Gasteiger partial charge in [-0.15, -0.1) is 0 Å². The summed E-state index contributed by atoms with van der Waals surface area (Å²) in [4.78, 5) is 4.12. The van der Waals surface area contributed by atoms with Crippen molar-refractivity contribution in [1.29, 1.82) is 0 Å². The Labute approximate surface area is 163 Å². The van der Waals surface area contributed by atoms with Crippen LogP contribution in [0.4, 0.5) is 0 Å². The molecule has 0 heterocycles. The lowest BCUT2D eigenvalue weighted by atomic mass is 10.4. The van der Waals surface area contributed by atoms with Gasteiger partial charge in [0.15, 0.2) is 0 Å². The molecule has 0 aromatic heterocycles. The van der Waals surface area contributed by atoms with Crippen LogP contribution in [0, 0.1) is 0 Å². The molecule has 0 aliphatic heterocycles. The van der Waals surface area contributed by atoms with Gasteiger partial charge < -0.3 is 0 Å². The molecular weight excluding hydrogens is 356 g/mol. The molecule has 0 fully saturated rings. The van der Waals surface area contributed by atoms with E-state index in [4.69, 9.17) is 0 Å². The summed E-state index contributed by atoms with van der Waals surface area (Å²) in [6, 6.07) is 43.5. The molecule has 4 aromatic carbocycles. The van der Waals surface area contributed by atoms with Gasteiger partial charge in [-0.2, -0.15) is 4.92 Å². The summed E-state index contributed by atoms with van der Waals surface area (Å²) in [6.45, 7) is 0. The van der Waals surface area contributed by atoms with Gasteiger partial charge in [-0.25, -0.2) is 0 Å². The summed E-state index contributed by atoms with van der Waals surface area (Å²) in [6.07, 6.45) is 0. The van der Waals surface area contributed by atoms with Crippen molar-refractivity contribution in [3.8, 4) is 0 Å². The second kappa shape index (κ2) is 8.65. The minimum atomic E-state index is -1.10. The van der Waals surface area contributed by atoms with Crippen molar-refractivity contribution < 1.29 is 0 Å². The predicted molar refractivity (Wildman–Crippen MR) is 121 cm³/mol. The van der Waals surface area contributed by atoms with E-state index in [1.54, 1.807) is 0 Å². The zero-order valence-electron chi connectivity index (χ0n) is 15.0. The van der Waals surface area contributed by atoms with Crippen molar-refractivity contribution in [2.24, 2.45) is 0 Å². The molecule has 0 aliphatic carbocycles. The standard InChI is InChI=1S/C25H20Si2/c1-5-13-22(14-6-1)26(23-15-7-2-8-16-23)21-27(24-17-9-3-10-18-24)25-19-11-4-12-20-25/h1-20H. The van der Waals surface area contributed by atoms with Crippen LogP contribution in [0.3, 0.4) is 0 Å². The Morgan fingerprint density at radius 3 is 0.778 bits per heavy atom. The molecule has 0 bridgehead atoms. The van der Waals surface area contributed by atoms with E-state index in [2.05, 4.69) is 126 Å². The molecule has 2 heteroatoms. The van der Waals surface area contributed by atoms with E-state index >= 15 is 0 Å². The first-order chi connectivity index (χ1) is 13.4. The maximum absolute atomic E-state index is 4.12. The number of benzene rings is 4. The highest BCUT2D eigenvalue weighted by Crippen LogP contribution is 1.90. The molecule has 0 radical (unpaired) electrons. The molecule has 128 valence electrons. The smallest absolute Gasteiger partial charge is 0.126 e. The Kier molecular flexibility index (Phi) is 5.61. The van der Waals surface area contributed by atoms with E-state index in [-0.39, 0.29) is 0 Å². The molecule has 0 saturated carbocycles. The topological polar surface area (TPSA) is 0 Å². The minimum Gasteiger partial charge on any atom is -0.166 e. The van der Waals surface area contributed by atoms with Gasteiger partial charge >= 0.3 is 0 Å². The quantitative estimate of drug-likeness (QED) is 0.480. The monoisotopic (exact) mass is 376 g/mol. The zero-order valence-corrected chi connectivity index (χ0v) is 17.0. The summed E-state index contributed by atoms with van der Waals surface area (Å²) in [5.74, 6) is 0. The summed E-state index contributed by atoms with van der Waals surface area (Å²) in [7, 11) is -2.19. The van der Waals surface area contributed by atoms with Crippen LogP contribution >= 0.6 is 0 Å². The van der Waals surface area contributed by atoms with Crippen molar-refractivity contribution in [3.05, 3.63) is 121 Å². The van der Waals surface area contributed by atoms with Crippen LogP contribution in [0.15, 0.2) is 121 Å². The van der Waals surface area contributed by atoms with Crippen molar-refractivity contribution in [2.45, 2.75) is 0 Å². The molecule has 0 saturated heterocycles. The van der Waals surface area contributed by atoms with E-state index in [1.807, 2.05) is 0 Å². The van der Waals surface area contributed by atoms with Crippen LogP contribution in [0.25, 0.3) is 0 Å². The average molecular weight is 377 g/mol. The van der Waals surface area contributed by atoms with Crippen LogP contribution in [0.1, 0.15) is 0 Å². The van der Waals surface area contributed by atoms with Crippen LogP contribution in [-0.4, -0.2) is 21.7 Å². The fraction of sp³-hybridized carbons (Fsp3) is 0. The van der Waals surface area contributed by atoms with Crippen molar-refractivity contribution in [2.75, 3.05) is 0 Å². The molecule has 0 N–H and O–H groups in total. The maximum atomic E-state index is 4.12. The Balaban J connectivity index is 2.05. The molecule has 27 heavy (non-hydrogen) atoms. The largest absolute Gasteiger partial charge is 0.166 e. The van der Waals surface area contributed by atoms with Crippen molar-refractivity contribution in [1.82, 2.24) is 0 Å². The van der Waals surface area contributed by atoms with Gasteiger partial charge in [-0.3, -0.25) is 0 Å². The van der Waals surface area contributed by atoms with Gasteiger partial charge in [-0.1, -0.05) is 121 Å². The molecule has 0 aliphatic rings. The highest BCUT2D eigenvalue weighted by atomic mass is 28.3. The SMILES string of the molecule is C(=[Si](c1ccccc1)c1ccccc1)=[Si](c1ccccc1)c1ccccc1. The predicted octanol–water partition coefficient (Wildman–Crippen LogP) is 2.40. The first-order valence-corrected chi connectivity index (χ1v) is 12.1. The fourth-order valence-electron chi connectivity index (χ4n) is 3.17. The van der Waals surface area contributed by atoms with E-state index in [0.717, 1.165) is 0 Å². The Morgan fingerprint density at radius 2 is 0.556 bits per heavy atom. The highest BCUT2D eigenvalue weighted by Gasteiger charge is 2.10. The van der Waals surface area contributed by atoms with Gasteiger partial charge in [0.25, 0.3) is 0 Å². The van der Waals surface area contributed by atoms with Gasteiger partial charge in [0, 0.05) is 0 Å². The highest BCUT2D eigenvalue weighted by molar-refractivity contribution is 7.03. The van der Waals surface area contributed by atoms with Crippen LogP contribution in [0.5, 0.6) is 0 Å². The third-order valence-corrected chi connectivity index (χ3v) is 10.1. The second-order valence-corrected chi connectivity index (χ2v) is 11.1. The molecule has 0 atom stereocenters. The lowest BCUT2D eigenvalue weighted by Crippen LogP contribution is -2.41. The van der Waals surface area contributed by atoms with Crippen LogP contribution < -0.4 is 20.7 Å². The molecule has 0 spiro atoms. The summed E-state index contributed by atoms with van der Waals surface area (Å²) >= 11 is 0. The minimum absolute atomic E-state index is 1.10. The molecule has 0 amide bonds. The number of hydrogen-bond acceptors (Lipinski definition) is 0. The first kappa shape index (κ1) is 17.5.